The zero-order valence-corrected chi connectivity index (χ0v) is 11.3. The first kappa shape index (κ1) is 11.2. The number of nitrogen functional groups attached to an aromatic ring is 1. The van der Waals surface area contributed by atoms with Gasteiger partial charge in [-0.15, -0.1) is 0 Å². The average Bonchev–Trinajstić information content (AvgIpc) is 2.74. The summed E-state index contributed by atoms with van der Waals surface area (Å²) in [5, 5.41) is 0. The highest BCUT2D eigenvalue weighted by molar-refractivity contribution is 9.10. The van der Waals surface area contributed by atoms with Crippen molar-refractivity contribution in [3.05, 3.63) is 40.5 Å². The van der Waals surface area contributed by atoms with Crippen LogP contribution in [0, 0.1) is 6.92 Å². The number of aryl methyl sites for hydroxylation is 1. The van der Waals surface area contributed by atoms with Crippen molar-refractivity contribution in [2.24, 2.45) is 0 Å². The molecule has 1 aromatic carbocycles. The van der Waals surface area contributed by atoms with Gasteiger partial charge in [-0.25, -0.2) is 9.97 Å². The fourth-order valence-corrected chi connectivity index (χ4v) is 2.29. The van der Waals surface area contributed by atoms with Crippen LogP contribution in [0.3, 0.4) is 0 Å². The number of aromatic nitrogens is 3. The van der Waals surface area contributed by atoms with Crippen molar-refractivity contribution in [3.63, 3.8) is 0 Å². The Morgan fingerprint density at radius 1 is 1.28 bits per heavy atom. The molecule has 0 saturated carbocycles. The maximum atomic E-state index is 6.00. The van der Waals surface area contributed by atoms with Crippen LogP contribution in [-0.4, -0.2) is 15.0 Å². The van der Waals surface area contributed by atoms with Crippen LogP contribution < -0.4 is 5.73 Å². The van der Waals surface area contributed by atoms with Crippen LogP contribution in [0.25, 0.3) is 22.6 Å². The third-order valence-corrected chi connectivity index (χ3v) is 3.36. The standard InChI is InChI=1S/C13H11BrN4/c1-7-4-5-16-13-11(7)17-12(18-13)9-3-2-8(14)6-10(9)15/h2-6H,15H2,1H3,(H,16,17,18). The second kappa shape index (κ2) is 4.10. The number of hydrogen-bond acceptors (Lipinski definition) is 3. The Hall–Kier alpha value is -1.88. The van der Waals surface area contributed by atoms with Crippen molar-refractivity contribution in [1.29, 1.82) is 0 Å². The van der Waals surface area contributed by atoms with Crippen molar-refractivity contribution in [1.82, 2.24) is 15.0 Å². The van der Waals surface area contributed by atoms with Crippen LogP contribution in [0.5, 0.6) is 0 Å². The lowest BCUT2D eigenvalue weighted by molar-refractivity contribution is 1.30. The van der Waals surface area contributed by atoms with Gasteiger partial charge in [0.1, 0.15) is 5.82 Å². The van der Waals surface area contributed by atoms with Gasteiger partial charge < -0.3 is 10.7 Å². The van der Waals surface area contributed by atoms with Gasteiger partial charge in [-0.05, 0) is 36.8 Å². The Bertz CT molecular complexity index is 733. The van der Waals surface area contributed by atoms with E-state index in [1.165, 1.54) is 0 Å². The molecule has 3 N–H and O–H groups in total. The lowest BCUT2D eigenvalue weighted by Gasteiger charge is -2.02. The largest absolute Gasteiger partial charge is 0.398 e. The molecule has 90 valence electrons. The lowest BCUT2D eigenvalue weighted by Crippen LogP contribution is -1.91. The molecular weight excluding hydrogens is 292 g/mol. The molecule has 2 heterocycles. The van der Waals surface area contributed by atoms with E-state index in [2.05, 4.69) is 30.9 Å². The van der Waals surface area contributed by atoms with Gasteiger partial charge in [0.15, 0.2) is 5.65 Å². The average molecular weight is 303 g/mol. The number of rotatable bonds is 1. The minimum atomic E-state index is 0.682. The SMILES string of the molecule is Cc1ccnc2nc(-c3ccc(Br)cc3N)[nH]c12. The van der Waals surface area contributed by atoms with E-state index >= 15 is 0 Å². The van der Waals surface area contributed by atoms with E-state index in [0.717, 1.165) is 26.9 Å². The van der Waals surface area contributed by atoms with Crippen LogP contribution in [0.4, 0.5) is 5.69 Å². The van der Waals surface area contributed by atoms with Crippen LogP contribution in [0.1, 0.15) is 5.56 Å². The number of aromatic amines is 1. The van der Waals surface area contributed by atoms with Crippen LogP contribution in [0.2, 0.25) is 0 Å². The maximum Gasteiger partial charge on any atom is 0.178 e. The number of nitrogens with zero attached hydrogens (tertiary/aromatic N) is 2. The summed E-state index contributed by atoms with van der Waals surface area (Å²) in [6, 6.07) is 7.70. The zero-order chi connectivity index (χ0) is 12.7. The monoisotopic (exact) mass is 302 g/mol. The van der Waals surface area contributed by atoms with Crippen LogP contribution in [0.15, 0.2) is 34.9 Å². The Labute approximate surface area is 112 Å². The molecule has 0 amide bonds. The number of hydrogen-bond donors (Lipinski definition) is 2. The molecular formula is C13H11BrN4. The van der Waals surface area contributed by atoms with Crippen molar-refractivity contribution in [3.8, 4) is 11.4 Å². The normalized spacial score (nSPS) is 11.0. The van der Waals surface area contributed by atoms with Crippen LogP contribution in [-0.2, 0) is 0 Å². The second-order valence-electron chi connectivity index (χ2n) is 4.14. The molecule has 18 heavy (non-hydrogen) atoms. The highest BCUT2D eigenvalue weighted by Gasteiger charge is 2.10. The minimum Gasteiger partial charge on any atom is -0.398 e. The Balaban J connectivity index is 2.23. The molecule has 0 spiro atoms. The van der Waals surface area contributed by atoms with Gasteiger partial charge in [-0.3, -0.25) is 0 Å². The number of nitrogens with two attached hydrogens (primary N) is 1. The highest BCUT2D eigenvalue weighted by Crippen LogP contribution is 2.28. The maximum absolute atomic E-state index is 6.00. The van der Waals surface area contributed by atoms with E-state index in [9.17, 15) is 0 Å². The first-order valence-electron chi connectivity index (χ1n) is 5.52. The number of anilines is 1. The van der Waals surface area contributed by atoms with Gasteiger partial charge in [0, 0.05) is 21.9 Å². The topological polar surface area (TPSA) is 67.6 Å². The van der Waals surface area contributed by atoms with Gasteiger partial charge in [-0.2, -0.15) is 0 Å². The summed E-state index contributed by atoms with van der Waals surface area (Å²) in [6.45, 7) is 2.02. The van der Waals surface area contributed by atoms with E-state index in [1.54, 1.807) is 6.20 Å². The van der Waals surface area contributed by atoms with Crippen molar-refractivity contribution in [2.45, 2.75) is 6.92 Å². The quantitative estimate of drug-likeness (QED) is 0.678. The second-order valence-corrected chi connectivity index (χ2v) is 5.06. The van der Waals surface area contributed by atoms with Gasteiger partial charge in [0.2, 0.25) is 0 Å². The summed E-state index contributed by atoms with van der Waals surface area (Å²) >= 11 is 3.39. The molecule has 0 unspecified atom stereocenters. The third-order valence-electron chi connectivity index (χ3n) is 2.87. The first-order valence-corrected chi connectivity index (χ1v) is 6.31. The highest BCUT2D eigenvalue weighted by atomic mass is 79.9. The van der Waals surface area contributed by atoms with Gasteiger partial charge in [0.05, 0.1) is 5.52 Å². The predicted octanol–water partition coefficient (Wildman–Crippen LogP) is 3.28. The molecule has 0 atom stereocenters. The third kappa shape index (κ3) is 1.76. The molecule has 0 radical (unpaired) electrons. The zero-order valence-electron chi connectivity index (χ0n) is 9.74. The fraction of sp³-hybridized carbons (Fsp3) is 0.0769. The number of halogens is 1. The number of benzene rings is 1. The van der Waals surface area contributed by atoms with Gasteiger partial charge in [-0.1, -0.05) is 15.9 Å². The predicted molar refractivity (Wildman–Crippen MR) is 76.2 cm³/mol. The smallest absolute Gasteiger partial charge is 0.178 e. The first-order chi connectivity index (χ1) is 8.65. The number of imidazole rings is 1. The summed E-state index contributed by atoms with van der Waals surface area (Å²) in [5.74, 6) is 0.747. The summed E-state index contributed by atoms with van der Waals surface area (Å²) < 4.78 is 0.953. The number of fused-ring (bicyclic) bond motifs is 1. The summed E-state index contributed by atoms with van der Waals surface area (Å²) in [7, 11) is 0. The van der Waals surface area contributed by atoms with Crippen molar-refractivity contribution in [2.75, 3.05) is 5.73 Å². The molecule has 2 aromatic heterocycles. The number of pyridine rings is 1. The molecule has 0 aliphatic carbocycles. The Morgan fingerprint density at radius 3 is 2.83 bits per heavy atom. The summed E-state index contributed by atoms with van der Waals surface area (Å²) in [5.41, 5.74) is 10.4. The molecule has 0 bridgehead atoms. The summed E-state index contributed by atoms with van der Waals surface area (Å²) in [6.07, 6.45) is 1.76. The Kier molecular flexibility index (Phi) is 2.56. The molecule has 5 heteroatoms. The minimum absolute atomic E-state index is 0.682. The van der Waals surface area contributed by atoms with Gasteiger partial charge >= 0.3 is 0 Å². The van der Waals surface area contributed by atoms with Crippen LogP contribution >= 0.6 is 15.9 Å². The molecule has 4 nitrogen and oxygen atoms in total. The molecule has 0 saturated heterocycles. The van der Waals surface area contributed by atoms with E-state index in [1.807, 2.05) is 31.2 Å². The molecule has 0 aliphatic rings. The van der Waals surface area contributed by atoms with E-state index < -0.39 is 0 Å². The van der Waals surface area contributed by atoms with E-state index in [4.69, 9.17) is 5.73 Å². The fourth-order valence-electron chi connectivity index (χ4n) is 1.91. The molecule has 0 fully saturated rings. The summed E-state index contributed by atoms with van der Waals surface area (Å²) in [4.78, 5) is 12.0. The molecule has 3 aromatic rings. The van der Waals surface area contributed by atoms with Gasteiger partial charge in [0.25, 0.3) is 0 Å². The molecule has 0 aliphatic heterocycles. The van der Waals surface area contributed by atoms with Crippen molar-refractivity contribution < 1.29 is 0 Å². The van der Waals surface area contributed by atoms with E-state index in [-0.39, 0.29) is 0 Å². The van der Waals surface area contributed by atoms with Crippen molar-refractivity contribution >= 4 is 32.8 Å². The molecule has 3 rings (SSSR count). The van der Waals surface area contributed by atoms with E-state index in [0.29, 0.717) is 11.3 Å². The Morgan fingerprint density at radius 2 is 2.11 bits per heavy atom. The number of nitrogens with one attached hydrogen (secondary N) is 1. The number of H-pyrrole nitrogens is 1. The lowest BCUT2D eigenvalue weighted by atomic mass is 10.2.